The van der Waals surface area contributed by atoms with Crippen molar-refractivity contribution in [3.8, 4) is 0 Å². The summed E-state index contributed by atoms with van der Waals surface area (Å²) in [7, 11) is 0. The lowest BCUT2D eigenvalue weighted by Gasteiger charge is -2.61. The van der Waals surface area contributed by atoms with Crippen LogP contribution >= 0.6 is 11.6 Å². The van der Waals surface area contributed by atoms with Gasteiger partial charge in [-0.3, -0.25) is 14.4 Å². The predicted octanol–water partition coefficient (Wildman–Crippen LogP) is 4.61. The van der Waals surface area contributed by atoms with Crippen LogP contribution in [0.3, 0.4) is 0 Å². The number of halogens is 1. The van der Waals surface area contributed by atoms with Crippen molar-refractivity contribution in [3.63, 3.8) is 0 Å². The van der Waals surface area contributed by atoms with E-state index in [9.17, 15) is 19.5 Å². The molecule has 2 unspecified atom stereocenters. The number of rotatable bonds is 6. The molecule has 0 spiro atoms. The van der Waals surface area contributed by atoms with Crippen molar-refractivity contribution in [2.75, 3.05) is 5.32 Å². The van der Waals surface area contributed by atoms with Gasteiger partial charge in [0.15, 0.2) is 5.78 Å². The summed E-state index contributed by atoms with van der Waals surface area (Å²) < 4.78 is 1.54. The standard InChI is InChI=1S/C24H26ClN3O4/c1-14(29)17-3-2-4-18(6-17)27-19-12-26-28(22(32)21(19)25)24-9-15-5-16(10-24)8-23(7-15,13-24)11-20(30)31/h2-4,6,12,15-16,27H,5,7-11,13H2,1H3,(H,30,31)/t15-,16+,23?,24?. The van der Waals surface area contributed by atoms with Crippen molar-refractivity contribution < 1.29 is 14.7 Å². The molecule has 4 saturated carbocycles. The first-order chi connectivity index (χ1) is 15.2. The van der Waals surface area contributed by atoms with E-state index in [4.69, 9.17) is 11.6 Å². The average molecular weight is 456 g/mol. The fraction of sp³-hybridized carbons (Fsp3) is 0.500. The molecule has 4 fully saturated rings. The molecule has 0 saturated heterocycles. The molecule has 1 heterocycles. The fourth-order valence-corrected chi connectivity index (χ4v) is 7.18. The molecule has 7 nitrogen and oxygen atoms in total. The molecule has 2 aromatic rings. The summed E-state index contributed by atoms with van der Waals surface area (Å²) in [5.74, 6) is 0.0311. The average Bonchev–Trinajstić information content (AvgIpc) is 2.69. The second-order valence-electron chi connectivity index (χ2n) is 10.1. The maximum Gasteiger partial charge on any atom is 0.303 e. The second kappa shape index (κ2) is 7.44. The minimum Gasteiger partial charge on any atom is -0.481 e. The van der Waals surface area contributed by atoms with Gasteiger partial charge < -0.3 is 10.4 Å². The Morgan fingerprint density at radius 2 is 1.97 bits per heavy atom. The van der Waals surface area contributed by atoms with Crippen molar-refractivity contribution in [1.29, 1.82) is 0 Å². The minimum absolute atomic E-state index is 0.0506. The SMILES string of the molecule is CC(=O)c1cccc(Nc2cnn(C34C[C@@H]5C[C@@H](CC(CC(=O)O)(C5)C3)C4)c(=O)c2Cl)c1. The van der Waals surface area contributed by atoms with Crippen LogP contribution in [0, 0.1) is 17.3 Å². The number of nitrogens with zero attached hydrogens (tertiary/aromatic N) is 2. The summed E-state index contributed by atoms with van der Waals surface area (Å²) in [6.45, 7) is 1.50. The monoisotopic (exact) mass is 455 g/mol. The highest BCUT2D eigenvalue weighted by atomic mass is 35.5. The number of aliphatic carboxylic acids is 1. The summed E-state index contributed by atoms with van der Waals surface area (Å²) in [4.78, 5) is 36.6. The number of carboxylic acid groups (broad SMARTS) is 1. The summed E-state index contributed by atoms with van der Waals surface area (Å²) >= 11 is 6.51. The highest BCUT2D eigenvalue weighted by Crippen LogP contribution is 2.65. The van der Waals surface area contributed by atoms with Gasteiger partial charge in [0, 0.05) is 11.3 Å². The van der Waals surface area contributed by atoms with Crippen LogP contribution in [-0.4, -0.2) is 26.6 Å². The molecule has 0 amide bonds. The highest BCUT2D eigenvalue weighted by Gasteiger charge is 2.59. The van der Waals surface area contributed by atoms with E-state index < -0.39 is 11.5 Å². The molecule has 8 heteroatoms. The van der Waals surface area contributed by atoms with Crippen molar-refractivity contribution in [2.24, 2.45) is 17.3 Å². The molecule has 4 aliphatic carbocycles. The highest BCUT2D eigenvalue weighted by molar-refractivity contribution is 6.33. The van der Waals surface area contributed by atoms with Crippen LogP contribution in [0.5, 0.6) is 0 Å². The molecule has 4 bridgehead atoms. The van der Waals surface area contributed by atoms with Gasteiger partial charge in [0.1, 0.15) is 5.02 Å². The molecule has 0 aliphatic heterocycles. The molecule has 1 aromatic heterocycles. The van der Waals surface area contributed by atoms with Gasteiger partial charge in [-0.1, -0.05) is 23.7 Å². The number of Topliss-reactive ketones (excluding diaryl/α,β-unsaturated/α-hetero) is 1. The lowest BCUT2D eigenvalue weighted by atomic mass is 9.46. The fourth-order valence-electron chi connectivity index (χ4n) is 7.01. The van der Waals surface area contributed by atoms with E-state index in [2.05, 4.69) is 10.4 Å². The van der Waals surface area contributed by atoms with E-state index >= 15 is 0 Å². The van der Waals surface area contributed by atoms with Crippen LogP contribution in [0.25, 0.3) is 0 Å². The maximum absolute atomic E-state index is 13.4. The lowest BCUT2D eigenvalue weighted by Crippen LogP contribution is -2.59. The van der Waals surface area contributed by atoms with Gasteiger partial charge in [0.25, 0.3) is 5.56 Å². The maximum atomic E-state index is 13.4. The molecule has 6 rings (SSSR count). The molecule has 168 valence electrons. The molecule has 1 aromatic carbocycles. The number of carboxylic acids is 1. The van der Waals surface area contributed by atoms with Gasteiger partial charge >= 0.3 is 5.97 Å². The largest absolute Gasteiger partial charge is 0.481 e. The van der Waals surface area contributed by atoms with E-state index in [1.165, 1.54) is 6.92 Å². The van der Waals surface area contributed by atoms with Crippen molar-refractivity contribution in [3.05, 3.63) is 51.4 Å². The summed E-state index contributed by atoms with van der Waals surface area (Å²) in [6, 6.07) is 6.99. The first kappa shape index (κ1) is 21.2. The zero-order valence-electron chi connectivity index (χ0n) is 17.9. The van der Waals surface area contributed by atoms with E-state index in [0.717, 1.165) is 32.1 Å². The molecule has 32 heavy (non-hydrogen) atoms. The van der Waals surface area contributed by atoms with Gasteiger partial charge in [-0.25, -0.2) is 4.68 Å². The number of hydrogen-bond acceptors (Lipinski definition) is 5. The number of benzene rings is 1. The van der Waals surface area contributed by atoms with E-state index in [1.807, 2.05) is 0 Å². The molecular weight excluding hydrogens is 430 g/mol. The van der Waals surface area contributed by atoms with E-state index in [1.54, 1.807) is 35.1 Å². The Kier molecular flexibility index (Phi) is 4.93. The zero-order chi connectivity index (χ0) is 22.7. The van der Waals surface area contributed by atoms with Crippen molar-refractivity contribution >= 4 is 34.7 Å². The number of hydrogen-bond donors (Lipinski definition) is 2. The Morgan fingerprint density at radius 3 is 2.62 bits per heavy atom. The van der Waals surface area contributed by atoms with E-state index in [-0.39, 0.29) is 28.2 Å². The van der Waals surface area contributed by atoms with Crippen LogP contribution in [0.2, 0.25) is 5.02 Å². The molecular formula is C24H26ClN3O4. The quantitative estimate of drug-likeness (QED) is 0.616. The Balaban J connectivity index is 1.48. The van der Waals surface area contributed by atoms with Gasteiger partial charge in [-0.15, -0.1) is 0 Å². The molecule has 0 radical (unpaired) electrons. The van der Waals surface area contributed by atoms with Crippen LogP contribution in [0.4, 0.5) is 11.4 Å². The molecule has 4 atom stereocenters. The number of carbonyl (C=O) groups excluding carboxylic acids is 1. The van der Waals surface area contributed by atoms with Gasteiger partial charge in [0.2, 0.25) is 0 Å². The first-order valence-electron chi connectivity index (χ1n) is 11.1. The number of carbonyl (C=O) groups is 2. The predicted molar refractivity (Wildman–Crippen MR) is 121 cm³/mol. The van der Waals surface area contributed by atoms with Gasteiger partial charge in [-0.2, -0.15) is 5.10 Å². The number of nitrogens with one attached hydrogen (secondary N) is 1. The zero-order valence-corrected chi connectivity index (χ0v) is 18.7. The third kappa shape index (κ3) is 3.52. The molecule has 2 N–H and O–H groups in total. The van der Waals surface area contributed by atoms with Crippen LogP contribution < -0.4 is 10.9 Å². The number of aromatic nitrogens is 2. The second-order valence-corrected chi connectivity index (χ2v) is 10.5. The Hall–Kier alpha value is -2.67. The van der Waals surface area contributed by atoms with Crippen LogP contribution in [0.1, 0.15) is 62.2 Å². The lowest BCUT2D eigenvalue weighted by molar-refractivity contribution is -0.151. The van der Waals surface area contributed by atoms with Crippen molar-refractivity contribution in [2.45, 2.75) is 57.4 Å². The number of anilines is 2. The first-order valence-corrected chi connectivity index (χ1v) is 11.4. The van der Waals surface area contributed by atoms with E-state index in [0.29, 0.717) is 35.2 Å². The van der Waals surface area contributed by atoms with Crippen LogP contribution in [-0.2, 0) is 10.3 Å². The third-order valence-corrected chi connectivity index (χ3v) is 7.96. The van der Waals surface area contributed by atoms with Gasteiger partial charge in [-0.05, 0) is 74.8 Å². The minimum atomic E-state index is -0.771. The smallest absolute Gasteiger partial charge is 0.303 e. The van der Waals surface area contributed by atoms with Gasteiger partial charge in [0.05, 0.1) is 23.8 Å². The Morgan fingerprint density at radius 1 is 1.25 bits per heavy atom. The topological polar surface area (TPSA) is 101 Å². The Bertz CT molecular complexity index is 1160. The Labute approximate surface area is 190 Å². The summed E-state index contributed by atoms with van der Waals surface area (Å²) in [5.41, 5.74) is 0.518. The summed E-state index contributed by atoms with van der Waals surface area (Å²) in [5, 5.41) is 17.2. The third-order valence-electron chi connectivity index (χ3n) is 7.59. The normalized spacial score (nSPS) is 30.3. The molecule has 4 aliphatic rings. The number of ketones is 1. The van der Waals surface area contributed by atoms with Crippen molar-refractivity contribution in [1.82, 2.24) is 9.78 Å². The van der Waals surface area contributed by atoms with Crippen LogP contribution in [0.15, 0.2) is 35.3 Å². The summed E-state index contributed by atoms with van der Waals surface area (Å²) in [6.07, 6.45) is 7.03.